The first-order valence-electron chi connectivity index (χ1n) is 17.6. The van der Waals surface area contributed by atoms with E-state index in [4.69, 9.17) is 4.42 Å². The molecule has 0 atom stereocenters. The standard InChI is InChI=1S/C50H30O/c1-2-9-31(10-3-1)37-28-38(30-39(29-37)42-14-8-15-46-43-13-6-7-16-47(43)51-50(42)46)41-24-20-34-21-25-44-40(23-19-33-22-26-45(41)49(34)48(33)44)36-18-17-32-11-4-5-12-35(32)27-36/h1-30H. The van der Waals surface area contributed by atoms with Crippen molar-refractivity contribution in [2.45, 2.75) is 0 Å². The molecule has 0 aliphatic heterocycles. The van der Waals surface area contributed by atoms with Crippen molar-refractivity contribution in [1.82, 2.24) is 0 Å². The maximum atomic E-state index is 6.55. The van der Waals surface area contributed by atoms with Crippen LogP contribution in [0.3, 0.4) is 0 Å². The highest BCUT2D eigenvalue weighted by Gasteiger charge is 2.18. The number of benzene rings is 10. The van der Waals surface area contributed by atoms with Crippen LogP contribution < -0.4 is 0 Å². The SMILES string of the molecule is c1ccc(-c2cc(-c3ccc4ccc5c(-c6ccc7ccccc7c6)ccc6ccc3c4c65)cc(-c3cccc4c3oc3ccccc34)c2)cc1. The van der Waals surface area contributed by atoms with Gasteiger partial charge in [0, 0.05) is 16.3 Å². The fourth-order valence-corrected chi connectivity index (χ4v) is 8.37. The van der Waals surface area contributed by atoms with Crippen molar-refractivity contribution in [2.75, 3.05) is 0 Å². The van der Waals surface area contributed by atoms with Gasteiger partial charge in [-0.25, -0.2) is 0 Å². The summed E-state index contributed by atoms with van der Waals surface area (Å²) in [6.07, 6.45) is 0. The summed E-state index contributed by atoms with van der Waals surface area (Å²) in [6.45, 7) is 0. The third kappa shape index (κ3) is 4.35. The van der Waals surface area contributed by atoms with Crippen molar-refractivity contribution in [2.24, 2.45) is 0 Å². The zero-order valence-electron chi connectivity index (χ0n) is 27.7. The maximum Gasteiger partial charge on any atom is 0.143 e. The molecule has 11 rings (SSSR count). The molecule has 0 aliphatic rings. The molecule has 1 aromatic heterocycles. The Morgan fingerprint density at radius 1 is 0.275 bits per heavy atom. The summed E-state index contributed by atoms with van der Waals surface area (Å²) < 4.78 is 6.55. The van der Waals surface area contributed by atoms with Crippen LogP contribution in [0.4, 0.5) is 0 Å². The van der Waals surface area contributed by atoms with Crippen LogP contribution in [0.2, 0.25) is 0 Å². The molecule has 1 nitrogen and oxygen atoms in total. The zero-order chi connectivity index (χ0) is 33.5. The van der Waals surface area contributed by atoms with Crippen LogP contribution in [0.25, 0.3) is 110 Å². The van der Waals surface area contributed by atoms with Gasteiger partial charge in [-0.1, -0.05) is 152 Å². The highest BCUT2D eigenvalue weighted by Crippen LogP contribution is 2.45. The van der Waals surface area contributed by atoms with Crippen LogP contribution >= 0.6 is 0 Å². The molecule has 11 aromatic rings. The van der Waals surface area contributed by atoms with Gasteiger partial charge >= 0.3 is 0 Å². The van der Waals surface area contributed by atoms with E-state index in [1.807, 2.05) is 6.07 Å². The number of fused-ring (bicyclic) bond motifs is 4. The molecule has 0 saturated heterocycles. The second kappa shape index (κ2) is 10.9. The van der Waals surface area contributed by atoms with Gasteiger partial charge in [0.2, 0.25) is 0 Å². The third-order valence-corrected chi connectivity index (χ3v) is 10.8. The lowest BCUT2D eigenvalue weighted by atomic mass is 9.86. The predicted octanol–water partition coefficient (Wildman–Crippen LogP) is 14.3. The van der Waals surface area contributed by atoms with Gasteiger partial charge in [-0.2, -0.15) is 0 Å². The quantitative estimate of drug-likeness (QED) is 0.173. The van der Waals surface area contributed by atoms with Gasteiger partial charge in [0.15, 0.2) is 0 Å². The second-order valence-corrected chi connectivity index (χ2v) is 13.7. The van der Waals surface area contributed by atoms with Crippen molar-refractivity contribution in [3.05, 3.63) is 182 Å². The average Bonchev–Trinajstić information content (AvgIpc) is 3.59. The molecule has 0 unspecified atom stereocenters. The summed E-state index contributed by atoms with van der Waals surface area (Å²) in [6, 6.07) is 66.4. The molecule has 0 aliphatic carbocycles. The molecule has 0 bridgehead atoms. The molecule has 0 radical (unpaired) electrons. The van der Waals surface area contributed by atoms with Crippen molar-refractivity contribution >= 4 is 65.0 Å². The molecule has 0 amide bonds. The van der Waals surface area contributed by atoms with Gasteiger partial charge in [0.25, 0.3) is 0 Å². The molecule has 1 heterocycles. The predicted molar refractivity (Wildman–Crippen MR) is 217 cm³/mol. The Morgan fingerprint density at radius 3 is 1.65 bits per heavy atom. The van der Waals surface area contributed by atoms with Crippen LogP contribution in [0.1, 0.15) is 0 Å². The molecular weight excluding hydrogens is 617 g/mol. The number of rotatable bonds is 4. The van der Waals surface area contributed by atoms with E-state index >= 15 is 0 Å². The number of hydrogen-bond donors (Lipinski definition) is 0. The van der Waals surface area contributed by atoms with E-state index in [9.17, 15) is 0 Å². The Balaban J connectivity index is 1.16. The fraction of sp³-hybridized carbons (Fsp3) is 0. The van der Waals surface area contributed by atoms with Crippen molar-refractivity contribution < 1.29 is 4.42 Å². The van der Waals surface area contributed by atoms with Crippen LogP contribution in [0.15, 0.2) is 186 Å². The third-order valence-electron chi connectivity index (χ3n) is 10.8. The highest BCUT2D eigenvalue weighted by molar-refractivity contribution is 6.27. The Labute approximate surface area is 295 Å². The molecule has 1 heteroatoms. The molecule has 10 aromatic carbocycles. The van der Waals surface area contributed by atoms with E-state index in [0.717, 1.165) is 33.1 Å². The van der Waals surface area contributed by atoms with Crippen molar-refractivity contribution in [1.29, 1.82) is 0 Å². The molecular formula is C50H30O. The first-order chi connectivity index (χ1) is 25.3. The molecule has 0 N–H and O–H groups in total. The summed E-state index contributed by atoms with van der Waals surface area (Å²) in [5.41, 5.74) is 11.4. The van der Waals surface area contributed by atoms with Crippen LogP contribution in [0.5, 0.6) is 0 Å². The van der Waals surface area contributed by atoms with Crippen LogP contribution in [0, 0.1) is 0 Å². The van der Waals surface area contributed by atoms with Gasteiger partial charge in [0.1, 0.15) is 11.2 Å². The van der Waals surface area contributed by atoms with E-state index in [0.29, 0.717) is 0 Å². The fourth-order valence-electron chi connectivity index (χ4n) is 8.37. The molecule has 0 spiro atoms. The van der Waals surface area contributed by atoms with Crippen molar-refractivity contribution in [3.8, 4) is 44.5 Å². The molecule has 0 saturated carbocycles. The van der Waals surface area contributed by atoms with E-state index in [-0.39, 0.29) is 0 Å². The topological polar surface area (TPSA) is 13.1 Å². The van der Waals surface area contributed by atoms with E-state index in [1.54, 1.807) is 0 Å². The molecule has 51 heavy (non-hydrogen) atoms. The van der Waals surface area contributed by atoms with Gasteiger partial charge in [-0.05, 0) is 112 Å². The van der Waals surface area contributed by atoms with E-state index in [1.165, 1.54) is 76.5 Å². The maximum absolute atomic E-state index is 6.55. The van der Waals surface area contributed by atoms with Gasteiger partial charge in [0.05, 0.1) is 0 Å². The minimum atomic E-state index is 0.911. The van der Waals surface area contributed by atoms with E-state index in [2.05, 4.69) is 176 Å². The number of para-hydroxylation sites is 2. The smallest absolute Gasteiger partial charge is 0.143 e. The summed E-state index contributed by atoms with van der Waals surface area (Å²) in [5, 5.41) is 12.5. The highest BCUT2D eigenvalue weighted by atomic mass is 16.3. The lowest BCUT2D eigenvalue weighted by Gasteiger charge is -2.18. The zero-order valence-corrected chi connectivity index (χ0v) is 27.7. The van der Waals surface area contributed by atoms with Gasteiger partial charge in [-0.3, -0.25) is 0 Å². The summed E-state index contributed by atoms with van der Waals surface area (Å²) in [7, 11) is 0. The Bertz CT molecular complexity index is 3130. The van der Waals surface area contributed by atoms with Crippen LogP contribution in [-0.2, 0) is 0 Å². The van der Waals surface area contributed by atoms with Crippen molar-refractivity contribution in [3.63, 3.8) is 0 Å². The number of hydrogen-bond acceptors (Lipinski definition) is 1. The van der Waals surface area contributed by atoms with E-state index < -0.39 is 0 Å². The second-order valence-electron chi connectivity index (χ2n) is 13.7. The normalized spacial score (nSPS) is 11.9. The Hall–Kier alpha value is -6.70. The first-order valence-corrected chi connectivity index (χ1v) is 17.6. The lowest BCUT2D eigenvalue weighted by molar-refractivity contribution is 0.670. The lowest BCUT2D eigenvalue weighted by Crippen LogP contribution is -1.91. The first kappa shape index (κ1) is 28.2. The molecule has 236 valence electrons. The minimum absolute atomic E-state index is 0.911. The average molecular weight is 647 g/mol. The summed E-state index contributed by atoms with van der Waals surface area (Å²) in [4.78, 5) is 0. The minimum Gasteiger partial charge on any atom is -0.455 e. The van der Waals surface area contributed by atoms with Crippen LogP contribution in [-0.4, -0.2) is 0 Å². The largest absolute Gasteiger partial charge is 0.455 e. The Kier molecular flexibility index (Phi) is 6.02. The summed E-state index contributed by atoms with van der Waals surface area (Å²) in [5.74, 6) is 0. The summed E-state index contributed by atoms with van der Waals surface area (Å²) >= 11 is 0. The number of furan rings is 1. The monoisotopic (exact) mass is 646 g/mol. The van der Waals surface area contributed by atoms with Gasteiger partial charge < -0.3 is 4.42 Å². The molecule has 0 fully saturated rings. The Morgan fingerprint density at radius 2 is 0.863 bits per heavy atom. The van der Waals surface area contributed by atoms with Gasteiger partial charge in [-0.15, -0.1) is 0 Å².